The minimum atomic E-state index is 0.0403. The van der Waals surface area contributed by atoms with E-state index in [1.54, 1.807) is 6.33 Å². The average Bonchev–Trinajstić information content (AvgIpc) is 2.61. The first-order valence-electron chi connectivity index (χ1n) is 4.96. The van der Waals surface area contributed by atoms with E-state index in [1.807, 2.05) is 29.7 Å². The maximum atomic E-state index is 9.21. The summed E-state index contributed by atoms with van der Waals surface area (Å²) in [6.07, 6.45) is 1.77. The van der Waals surface area contributed by atoms with Crippen LogP contribution < -0.4 is 0 Å². The molecular weight excluding hydrogens is 188 g/mol. The van der Waals surface area contributed by atoms with E-state index >= 15 is 0 Å². The van der Waals surface area contributed by atoms with Crippen molar-refractivity contribution in [2.45, 2.75) is 20.1 Å². The van der Waals surface area contributed by atoms with Gasteiger partial charge < -0.3 is 9.67 Å². The molecule has 3 nitrogen and oxygen atoms in total. The third-order valence-electron chi connectivity index (χ3n) is 2.50. The van der Waals surface area contributed by atoms with E-state index in [-0.39, 0.29) is 6.61 Å². The van der Waals surface area contributed by atoms with Crippen LogP contribution in [0.15, 0.2) is 36.7 Å². The van der Waals surface area contributed by atoms with Gasteiger partial charge in [-0.2, -0.15) is 0 Å². The predicted octanol–water partition coefficient (Wildman–Crippen LogP) is 1.73. The van der Waals surface area contributed by atoms with Crippen LogP contribution in [0.5, 0.6) is 0 Å². The van der Waals surface area contributed by atoms with Gasteiger partial charge in [-0.1, -0.05) is 30.3 Å². The summed E-state index contributed by atoms with van der Waals surface area (Å²) >= 11 is 0. The van der Waals surface area contributed by atoms with Crippen LogP contribution in [0, 0.1) is 6.92 Å². The largest absolute Gasteiger partial charge is 0.390 e. The number of hydrogen-bond donors (Lipinski definition) is 1. The van der Waals surface area contributed by atoms with Crippen molar-refractivity contribution in [3.05, 3.63) is 53.6 Å². The van der Waals surface area contributed by atoms with E-state index in [1.165, 1.54) is 5.56 Å². The van der Waals surface area contributed by atoms with Crippen molar-refractivity contribution in [2.75, 3.05) is 0 Å². The Bertz CT molecular complexity index is 434. The molecule has 2 rings (SSSR count). The molecule has 1 aromatic heterocycles. The summed E-state index contributed by atoms with van der Waals surface area (Å²) in [5.41, 5.74) is 3.00. The third-order valence-corrected chi connectivity index (χ3v) is 2.50. The molecule has 1 aromatic carbocycles. The smallest absolute Gasteiger partial charge is 0.0955 e. The lowest BCUT2D eigenvalue weighted by Crippen LogP contribution is -2.03. The van der Waals surface area contributed by atoms with Crippen molar-refractivity contribution < 1.29 is 5.11 Å². The number of aliphatic hydroxyl groups excluding tert-OH is 1. The zero-order valence-electron chi connectivity index (χ0n) is 8.72. The van der Waals surface area contributed by atoms with Crippen molar-refractivity contribution >= 4 is 0 Å². The molecule has 0 fully saturated rings. The zero-order chi connectivity index (χ0) is 10.7. The summed E-state index contributed by atoms with van der Waals surface area (Å²) < 4.78 is 1.98. The number of imidazole rings is 1. The fraction of sp³-hybridized carbons (Fsp3) is 0.250. The summed E-state index contributed by atoms with van der Waals surface area (Å²) in [4.78, 5) is 4.19. The summed E-state index contributed by atoms with van der Waals surface area (Å²) in [5, 5.41) is 9.21. The number of aromatic nitrogens is 2. The highest BCUT2D eigenvalue weighted by Gasteiger charge is 2.05. The maximum absolute atomic E-state index is 9.21. The molecule has 0 radical (unpaired) electrons. The van der Waals surface area contributed by atoms with Gasteiger partial charge in [0.15, 0.2) is 0 Å². The van der Waals surface area contributed by atoms with Gasteiger partial charge in [-0.3, -0.25) is 0 Å². The fourth-order valence-corrected chi connectivity index (χ4v) is 1.63. The van der Waals surface area contributed by atoms with E-state index in [0.29, 0.717) is 0 Å². The lowest BCUT2D eigenvalue weighted by atomic mass is 10.2. The third kappa shape index (κ3) is 2.07. The van der Waals surface area contributed by atoms with Crippen molar-refractivity contribution in [3.63, 3.8) is 0 Å². The lowest BCUT2D eigenvalue weighted by Gasteiger charge is -2.06. The fourth-order valence-electron chi connectivity index (χ4n) is 1.63. The van der Waals surface area contributed by atoms with Gasteiger partial charge in [0, 0.05) is 6.54 Å². The highest BCUT2D eigenvalue weighted by Crippen LogP contribution is 2.09. The van der Waals surface area contributed by atoms with Crippen LogP contribution in [-0.2, 0) is 13.2 Å². The van der Waals surface area contributed by atoms with E-state index in [2.05, 4.69) is 17.1 Å². The standard InChI is InChI=1S/C12H14N2O/c1-10-12(8-15)14(9-13-10)7-11-5-3-2-4-6-11/h2-6,9,15H,7-8H2,1H3. The molecule has 78 valence electrons. The quantitative estimate of drug-likeness (QED) is 0.823. The molecule has 1 heterocycles. The molecule has 0 amide bonds. The number of rotatable bonds is 3. The Balaban J connectivity index is 2.25. The molecule has 1 N–H and O–H groups in total. The van der Waals surface area contributed by atoms with Gasteiger partial charge in [0.25, 0.3) is 0 Å². The maximum Gasteiger partial charge on any atom is 0.0955 e. The predicted molar refractivity (Wildman–Crippen MR) is 58.4 cm³/mol. The van der Waals surface area contributed by atoms with Gasteiger partial charge in [0.05, 0.1) is 24.3 Å². The van der Waals surface area contributed by atoms with Gasteiger partial charge in [0.1, 0.15) is 0 Å². The minimum absolute atomic E-state index is 0.0403. The zero-order valence-corrected chi connectivity index (χ0v) is 8.72. The van der Waals surface area contributed by atoms with Gasteiger partial charge in [-0.25, -0.2) is 4.98 Å². The molecular formula is C12H14N2O. The Hall–Kier alpha value is -1.61. The molecule has 15 heavy (non-hydrogen) atoms. The van der Waals surface area contributed by atoms with Crippen molar-refractivity contribution in [3.8, 4) is 0 Å². The topological polar surface area (TPSA) is 38.0 Å². The van der Waals surface area contributed by atoms with Gasteiger partial charge in [0.2, 0.25) is 0 Å². The molecule has 0 saturated carbocycles. The van der Waals surface area contributed by atoms with Gasteiger partial charge in [-0.15, -0.1) is 0 Å². The Kier molecular flexibility index (Phi) is 2.83. The first kappa shape index (κ1) is 9.93. The molecule has 0 spiro atoms. The number of benzene rings is 1. The molecule has 0 aliphatic carbocycles. The van der Waals surface area contributed by atoms with E-state index in [9.17, 15) is 5.11 Å². The number of aryl methyl sites for hydroxylation is 1. The Morgan fingerprint density at radius 2 is 2.00 bits per heavy atom. The van der Waals surface area contributed by atoms with Crippen LogP contribution in [0.3, 0.4) is 0 Å². The van der Waals surface area contributed by atoms with Gasteiger partial charge >= 0.3 is 0 Å². The molecule has 3 heteroatoms. The monoisotopic (exact) mass is 202 g/mol. The Labute approximate surface area is 89.0 Å². The van der Waals surface area contributed by atoms with Crippen molar-refractivity contribution in [1.29, 1.82) is 0 Å². The second-order valence-corrected chi connectivity index (χ2v) is 3.55. The molecule has 0 aliphatic heterocycles. The SMILES string of the molecule is Cc1ncn(Cc2ccccc2)c1CO. The molecule has 0 aliphatic rings. The summed E-state index contributed by atoms with van der Waals surface area (Å²) in [6.45, 7) is 2.71. The molecule has 2 aromatic rings. The normalized spacial score (nSPS) is 10.5. The first-order valence-corrected chi connectivity index (χ1v) is 4.96. The molecule has 0 bridgehead atoms. The first-order chi connectivity index (χ1) is 7.31. The molecule has 0 saturated heterocycles. The Morgan fingerprint density at radius 3 is 2.67 bits per heavy atom. The Morgan fingerprint density at radius 1 is 1.27 bits per heavy atom. The number of nitrogens with zero attached hydrogens (tertiary/aromatic N) is 2. The number of hydrogen-bond acceptors (Lipinski definition) is 2. The highest BCUT2D eigenvalue weighted by atomic mass is 16.3. The second kappa shape index (κ2) is 4.28. The van der Waals surface area contributed by atoms with Crippen LogP contribution in [0.4, 0.5) is 0 Å². The van der Waals surface area contributed by atoms with Crippen LogP contribution in [0.2, 0.25) is 0 Å². The summed E-state index contributed by atoms with van der Waals surface area (Å²) in [7, 11) is 0. The van der Waals surface area contributed by atoms with Crippen LogP contribution in [-0.4, -0.2) is 14.7 Å². The van der Waals surface area contributed by atoms with Crippen molar-refractivity contribution in [2.24, 2.45) is 0 Å². The van der Waals surface area contributed by atoms with Crippen LogP contribution >= 0.6 is 0 Å². The molecule has 0 unspecified atom stereocenters. The summed E-state index contributed by atoms with van der Waals surface area (Å²) in [5.74, 6) is 0. The van der Waals surface area contributed by atoms with Crippen LogP contribution in [0.1, 0.15) is 17.0 Å². The average molecular weight is 202 g/mol. The minimum Gasteiger partial charge on any atom is -0.390 e. The van der Waals surface area contributed by atoms with E-state index < -0.39 is 0 Å². The second-order valence-electron chi connectivity index (χ2n) is 3.55. The number of aliphatic hydroxyl groups is 1. The van der Waals surface area contributed by atoms with Crippen molar-refractivity contribution in [1.82, 2.24) is 9.55 Å². The van der Waals surface area contributed by atoms with E-state index in [0.717, 1.165) is 17.9 Å². The molecule has 0 atom stereocenters. The van der Waals surface area contributed by atoms with E-state index in [4.69, 9.17) is 0 Å². The lowest BCUT2D eigenvalue weighted by molar-refractivity contribution is 0.270. The summed E-state index contributed by atoms with van der Waals surface area (Å²) in [6, 6.07) is 10.2. The van der Waals surface area contributed by atoms with Gasteiger partial charge in [-0.05, 0) is 12.5 Å². The highest BCUT2D eigenvalue weighted by molar-refractivity contribution is 5.18. The van der Waals surface area contributed by atoms with Crippen LogP contribution in [0.25, 0.3) is 0 Å².